The molecule has 0 saturated heterocycles. The first-order valence-corrected chi connectivity index (χ1v) is 21.4. The van der Waals surface area contributed by atoms with E-state index in [0.717, 1.165) is 0 Å². The van der Waals surface area contributed by atoms with Crippen LogP contribution in [-0.2, 0) is 28.8 Å². The Balaban J connectivity index is 0.000000329. The SMILES string of the molecule is CC(C)c1cc2c(-c3ccc(C(C)(C)C)cc3)cccc2[cH-]1.Cc1cc2c(-c3cccc4c3ccc3ccccc34)ccc(C)c2[cH-]1.Cl.Cl.[CH3-].[CH3-].[Si]=[Zr]. The first kappa shape index (κ1) is 45.9. The fourth-order valence-corrected chi connectivity index (χ4v) is 7.09. The zero-order chi connectivity index (χ0) is 34.9. The van der Waals surface area contributed by atoms with Gasteiger partial charge in [-0.1, -0.05) is 151 Å². The predicted molar refractivity (Wildman–Crippen MR) is 240 cm³/mol. The van der Waals surface area contributed by atoms with Gasteiger partial charge >= 0.3 is 30.2 Å². The molecule has 0 amide bonds. The standard InChI is InChI=1S/C25H19.C22H25.2CH3.2ClH.Si.Zr/c1-16-14-24-17(2)10-12-23(25(24)15-16)21-9-5-8-20-19-7-4-3-6-18(19)11-13-22(20)21;1-15(2)18-13-17-7-6-8-20(21(17)14-18)16-9-11-19(12-10-16)22(3,4)5;;;;;;/h3-15H,1-2H3;6-15H,1-5H3;2*1H3;2*1H;;/q4*-1;;;;. The molecule has 8 rings (SSSR count). The maximum absolute atomic E-state index is 3.06. The van der Waals surface area contributed by atoms with Crippen LogP contribution in [0.25, 0.3) is 65.3 Å². The van der Waals surface area contributed by atoms with Gasteiger partial charge in [-0.3, -0.25) is 0 Å². The third kappa shape index (κ3) is 9.52. The molecule has 0 aliphatic heterocycles. The normalized spacial score (nSPS) is 10.6. The van der Waals surface area contributed by atoms with Crippen LogP contribution in [0.15, 0.2) is 133 Å². The van der Waals surface area contributed by atoms with Crippen molar-refractivity contribution in [3.63, 3.8) is 0 Å². The van der Waals surface area contributed by atoms with Crippen LogP contribution in [0.4, 0.5) is 0 Å². The molecular formula is C49H52Cl2SiZr-4. The van der Waals surface area contributed by atoms with Gasteiger partial charge in [0.2, 0.25) is 0 Å². The summed E-state index contributed by atoms with van der Waals surface area (Å²) in [7, 11) is 0. The summed E-state index contributed by atoms with van der Waals surface area (Å²) in [5.41, 5.74) is 11.0. The van der Waals surface area contributed by atoms with Crippen molar-refractivity contribution in [3.05, 3.63) is 171 Å². The molecule has 0 unspecified atom stereocenters. The van der Waals surface area contributed by atoms with Crippen molar-refractivity contribution in [2.45, 2.75) is 59.8 Å². The monoisotopic (exact) mass is 828 g/mol. The summed E-state index contributed by atoms with van der Waals surface area (Å²) >= 11 is 1.36. The minimum absolute atomic E-state index is 0. The van der Waals surface area contributed by atoms with E-state index in [1.165, 1.54) is 111 Å². The van der Waals surface area contributed by atoms with Crippen LogP contribution < -0.4 is 0 Å². The Bertz CT molecular complexity index is 2410. The average Bonchev–Trinajstić information content (AvgIpc) is 3.74. The molecule has 2 radical (unpaired) electrons. The van der Waals surface area contributed by atoms with Gasteiger partial charge in [-0.25, -0.2) is 0 Å². The van der Waals surface area contributed by atoms with E-state index in [-0.39, 0.29) is 45.1 Å². The van der Waals surface area contributed by atoms with Crippen LogP contribution in [0, 0.1) is 28.7 Å². The molecule has 0 aromatic heterocycles. The summed E-state index contributed by atoms with van der Waals surface area (Å²) in [6, 6.07) is 49.3. The molecule has 0 saturated carbocycles. The summed E-state index contributed by atoms with van der Waals surface area (Å²) < 4.78 is 0. The molecule has 0 bridgehead atoms. The number of hydrogen-bond donors (Lipinski definition) is 0. The van der Waals surface area contributed by atoms with Gasteiger partial charge in [-0.2, -0.15) is 12.1 Å². The van der Waals surface area contributed by atoms with E-state index in [9.17, 15) is 0 Å². The van der Waals surface area contributed by atoms with Gasteiger partial charge in [-0.15, -0.1) is 93.4 Å². The van der Waals surface area contributed by atoms with Crippen molar-refractivity contribution in [3.8, 4) is 22.3 Å². The van der Waals surface area contributed by atoms with E-state index in [1.807, 2.05) is 0 Å². The predicted octanol–water partition coefficient (Wildman–Crippen LogP) is 15.2. The second-order valence-corrected chi connectivity index (χ2v) is 14.6. The molecule has 4 heteroatoms. The summed E-state index contributed by atoms with van der Waals surface area (Å²) in [5.74, 6) is 0.573. The molecule has 0 spiro atoms. The molecule has 274 valence electrons. The van der Waals surface area contributed by atoms with Crippen LogP contribution >= 0.6 is 24.8 Å². The number of aryl methyl sites for hydroxylation is 2. The molecule has 0 N–H and O–H groups in total. The van der Waals surface area contributed by atoms with E-state index in [1.54, 1.807) is 0 Å². The van der Waals surface area contributed by atoms with Crippen molar-refractivity contribution >= 4 is 74.8 Å². The summed E-state index contributed by atoms with van der Waals surface area (Å²) in [6.07, 6.45) is 0. The van der Waals surface area contributed by atoms with E-state index >= 15 is 0 Å². The molecule has 0 aliphatic rings. The molecule has 0 fully saturated rings. The maximum atomic E-state index is 3.06. The molecular weight excluding hydrogens is 779 g/mol. The van der Waals surface area contributed by atoms with Crippen LogP contribution in [0.1, 0.15) is 62.8 Å². The Morgan fingerprint density at radius 3 is 1.87 bits per heavy atom. The first-order valence-electron chi connectivity index (χ1n) is 17.2. The van der Waals surface area contributed by atoms with Gasteiger partial charge in [-0.05, 0) is 49.6 Å². The Morgan fingerprint density at radius 1 is 0.566 bits per heavy atom. The Labute approximate surface area is 348 Å². The zero-order valence-electron chi connectivity index (χ0n) is 32.6. The van der Waals surface area contributed by atoms with Gasteiger partial charge in [0.05, 0.1) is 0 Å². The number of fused-ring (bicyclic) bond motifs is 5. The van der Waals surface area contributed by atoms with Crippen molar-refractivity contribution in [1.29, 1.82) is 0 Å². The summed E-state index contributed by atoms with van der Waals surface area (Å²) in [4.78, 5) is 0. The van der Waals surface area contributed by atoms with Crippen LogP contribution in [0.3, 0.4) is 0 Å². The van der Waals surface area contributed by atoms with Gasteiger partial charge in [0.15, 0.2) is 0 Å². The molecule has 0 aliphatic carbocycles. The number of hydrogen-bond acceptors (Lipinski definition) is 0. The van der Waals surface area contributed by atoms with Crippen LogP contribution in [0.2, 0.25) is 0 Å². The Hall–Kier alpha value is -3.26. The van der Waals surface area contributed by atoms with E-state index in [2.05, 4.69) is 189 Å². The fourth-order valence-electron chi connectivity index (χ4n) is 7.09. The van der Waals surface area contributed by atoms with Gasteiger partial charge < -0.3 is 14.9 Å². The number of rotatable bonds is 3. The van der Waals surface area contributed by atoms with E-state index < -0.39 is 0 Å². The second kappa shape index (κ2) is 19.4. The van der Waals surface area contributed by atoms with Crippen molar-refractivity contribution in [2.75, 3.05) is 0 Å². The quantitative estimate of drug-likeness (QED) is 0.0945. The Kier molecular flexibility index (Phi) is 16.8. The average molecular weight is 831 g/mol. The third-order valence-corrected chi connectivity index (χ3v) is 9.83. The van der Waals surface area contributed by atoms with Crippen LogP contribution in [0.5, 0.6) is 0 Å². The summed E-state index contributed by atoms with van der Waals surface area (Å²) in [6.45, 7) is 18.7. The van der Waals surface area contributed by atoms with Gasteiger partial charge in [0.1, 0.15) is 0 Å². The molecule has 8 aromatic rings. The van der Waals surface area contributed by atoms with Crippen LogP contribution in [-0.4, -0.2) is 6.88 Å². The third-order valence-electron chi connectivity index (χ3n) is 9.83. The first-order chi connectivity index (χ1) is 23.6. The fraction of sp³-hybridized carbons (Fsp3) is 0.184. The van der Waals surface area contributed by atoms with Crippen molar-refractivity contribution in [2.24, 2.45) is 0 Å². The number of benzene rings is 6. The van der Waals surface area contributed by atoms with Gasteiger partial charge in [0.25, 0.3) is 0 Å². The topological polar surface area (TPSA) is 0 Å². The molecule has 8 aromatic carbocycles. The minimum atomic E-state index is 0. The van der Waals surface area contributed by atoms with Crippen molar-refractivity contribution < 1.29 is 23.3 Å². The molecule has 53 heavy (non-hydrogen) atoms. The Morgan fingerprint density at radius 2 is 1.19 bits per heavy atom. The molecule has 0 heterocycles. The molecule has 0 nitrogen and oxygen atoms in total. The zero-order valence-corrected chi connectivity index (χ0v) is 37.7. The number of halogens is 2. The van der Waals surface area contributed by atoms with E-state index in [0.29, 0.717) is 5.92 Å². The van der Waals surface area contributed by atoms with E-state index in [4.69, 9.17) is 0 Å². The summed E-state index contributed by atoms with van der Waals surface area (Å²) in [5, 5.41) is 10.7. The second-order valence-electron chi connectivity index (χ2n) is 14.6. The molecule has 0 atom stereocenters. The van der Waals surface area contributed by atoms with Crippen molar-refractivity contribution in [1.82, 2.24) is 0 Å². The van der Waals surface area contributed by atoms with Gasteiger partial charge in [0, 0.05) is 0 Å².